The van der Waals surface area contributed by atoms with Gasteiger partial charge in [0.1, 0.15) is 5.75 Å². The number of rotatable bonds is 10. The van der Waals surface area contributed by atoms with E-state index in [1.807, 2.05) is 82.6 Å². The minimum atomic E-state index is -2.53. The molecule has 0 aliphatic carbocycles. The summed E-state index contributed by atoms with van der Waals surface area (Å²) < 4.78 is 13.7. The lowest BCUT2D eigenvalue weighted by molar-refractivity contribution is -0.151. The lowest BCUT2D eigenvalue weighted by Gasteiger charge is -2.39. The van der Waals surface area contributed by atoms with Gasteiger partial charge >= 0.3 is 0 Å². The first-order valence-electron chi connectivity index (χ1n) is 20.5. The molecule has 3 N–H and O–H groups in total. The number of aliphatic hydroxyl groups excluding tert-OH is 1. The predicted octanol–water partition coefficient (Wildman–Crippen LogP) is 6.49. The van der Waals surface area contributed by atoms with Crippen molar-refractivity contribution >= 4 is 58.3 Å². The Morgan fingerprint density at radius 1 is 1.03 bits per heavy atom. The highest BCUT2D eigenvalue weighted by molar-refractivity contribution is 9.10. The molecule has 304 valence electrons. The maximum atomic E-state index is 15.4. The number of methoxy groups -OCH3 is 1. The average Bonchev–Trinajstić information content (AvgIpc) is 3.66. The zero-order valence-electron chi connectivity index (χ0n) is 33.7. The van der Waals surface area contributed by atoms with Crippen LogP contribution < -0.4 is 25.5 Å². The first kappa shape index (κ1) is 40.4. The van der Waals surface area contributed by atoms with E-state index in [9.17, 15) is 14.7 Å². The second-order valence-corrected chi connectivity index (χ2v) is 22.6. The molecule has 6 atom stereocenters. The smallest absolute Gasteiger partial charge is 0.264 e. The number of nitrogens with one attached hydrogen (secondary N) is 2. The summed E-state index contributed by atoms with van der Waals surface area (Å²) in [7, 11) is -0.871. The number of anilines is 2. The van der Waals surface area contributed by atoms with Crippen molar-refractivity contribution in [1.29, 1.82) is 0 Å². The number of carbonyl (C=O) groups excluding carboxylic acids is 3. The van der Waals surface area contributed by atoms with Crippen LogP contribution in [0.5, 0.6) is 5.75 Å². The SMILES string of the molecule is COc1ccc([Si](C)(C)[C@H]2[C@H](CC(=O)N3Cc4ccccc4C[C@H]3CO)O[C@@]3(C(=O)N(Cc4cccc(NC(=O)C5CCCNC5)c4)c4ccc(Br)cc43)[C@@H]2C)cc1. The van der Waals surface area contributed by atoms with Crippen LogP contribution in [0.1, 0.15) is 48.4 Å². The normalized spacial score (nSPS) is 25.4. The summed E-state index contributed by atoms with van der Waals surface area (Å²) in [4.78, 5) is 46.8. The van der Waals surface area contributed by atoms with Crippen LogP contribution in [0.2, 0.25) is 18.6 Å². The number of nitrogens with zero attached hydrogens (tertiary/aromatic N) is 2. The van der Waals surface area contributed by atoms with E-state index in [0.717, 1.165) is 57.5 Å². The lowest BCUT2D eigenvalue weighted by Crippen LogP contribution is -2.52. The van der Waals surface area contributed by atoms with Gasteiger partial charge in [-0.3, -0.25) is 14.4 Å². The van der Waals surface area contributed by atoms with Gasteiger partial charge in [-0.2, -0.15) is 0 Å². The van der Waals surface area contributed by atoms with Gasteiger partial charge in [-0.1, -0.05) is 89.7 Å². The maximum absolute atomic E-state index is 15.4. The minimum Gasteiger partial charge on any atom is -0.497 e. The number of hydrogen-bond acceptors (Lipinski definition) is 7. The number of fused-ring (bicyclic) bond motifs is 3. The minimum absolute atomic E-state index is 0.00160. The van der Waals surface area contributed by atoms with E-state index in [-0.39, 0.29) is 60.7 Å². The van der Waals surface area contributed by atoms with E-state index >= 15 is 4.79 Å². The summed E-state index contributed by atoms with van der Waals surface area (Å²) in [6.07, 6.45) is 1.91. The highest BCUT2D eigenvalue weighted by atomic mass is 79.9. The van der Waals surface area contributed by atoms with Crippen molar-refractivity contribution in [3.63, 3.8) is 0 Å². The van der Waals surface area contributed by atoms with Gasteiger partial charge in [0.2, 0.25) is 11.8 Å². The molecule has 2 fully saturated rings. The van der Waals surface area contributed by atoms with E-state index in [4.69, 9.17) is 9.47 Å². The van der Waals surface area contributed by atoms with Crippen LogP contribution in [0, 0.1) is 11.8 Å². The number of aliphatic hydroxyl groups is 1. The van der Waals surface area contributed by atoms with Crippen LogP contribution in [-0.4, -0.2) is 74.8 Å². The van der Waals surface area contributed by atoms with Crippen LogP contribution in [0.4, 0.5) is 11.4 Å². The van der Waals surface area contributed by atoms with Gasteiger partial charge in [0.05, 0.1) is 58.5 Å². The molecule has 0 saturated carbocycles. The predicted molar refractivity (Wildman–Crippen MR) is 232 cm³/mol. The monoisotopic (exact) mass is 864 g/mol. The number of ether oxygens (including phenoxy) is 2. The van der Waals surface area contributed by atoms with Gasteiger partial charge in [0.15, 0.2) is 5.60 Å². The third kappa shape index (κ3) is 7.31. The van der Waals surface area contributed by atoms with E-state index in [1.54, 1.807) is 7.11 Å². The first-order valence-corrected chi connectivity index (χ1v) is 24.3. The first-order chi connectivity index (χ1) is 27.9. The quantitative estimate of drug-likeness (QED) is 0.156. The molecule has 58 heavy (non-hydrogen) atoms. The summed E-state index contributed by atoms with van der Waals surface area (Å²) in [5.74, 6) is 0.135. The van der Waals surface area contributed by atoms with E-state index < -0.39 is 19.8 Å². The Morgan fingerprint density at radius 2 is 1.81 bits per heavy atom. The molecule has 3 amide bonds. The van der Waals surface area contributed by atoms with Crippen LogP contribution in [-0.2, 0) is 44.2 Å². The Kier molecular flexibility index (Phi) is 11.4. The Balaban J connectivity index is 1.14. The van der Waals surface area contributed by atoms with Crippen LogP contribution in [0.25, 0.3) is 0 Å². The van der Waals surface area contributed by atoms with E-state index in [0.29, 0.717) is 25.2 Å². The van der Waals surface area contributed by atoms with Gasteiger partial charge in [-0.25, -0.2) is 0 Å². The number of amides is 3. The zero-order chi connectivity index (χ0) is 40.8. The molecule has 4 aliphatic heterocycles. The summed E-state index contributed by atoms with van der Waals surface area (Å²) in [6.45, 7) is 8.90. The van der Waals surface area contributed by atoms with E-state index in [1.165, 1.54) is 5.19 Å². The molecule has 0 radical (unpaired) electrons. The number of halogens is 1. The molecule has 8 rings (SSSR count). The fourth-order valence-electron chi connectivity index (χ4n) is 10.2. The van der Waals surface area contributed by atoms with Gasteiger partial charge in [-0.15, -0.1) is 0 Å². The lowest BCUT2D eigenvalue weighted by atomic mass is 9.82. The van der Waals surface area contributed by atoms with Gasteiger partial charge in [0.25, 0.3) is 5.91 Å². The maximum Gasteiger partial charge on any atom is 0.264 e. The molecular formula is C46H53BrN4O6Si. The van der Waals surface area contributed by atoms with Crippen LogP contribution in [0.15, 0.2) is 95.5 Å². The van der Waals surface area contributed by atoms with Gasteiger partial charge < -0.3 is 35.0 Å². The van der Waals surface area contributed by atoms with Crippen molar-refractivity contribution in [3.05, 3.63) is 118 Å². The molecule has 4 aliphatic rings. The fraction of sp³-hybridized carbons (Fsp3) is 0.413. The van der Waals surface area contributed by atoms with Crippen molar-refractivity contribution in [2.24, 2.45) is 11.8 Å². The molecule has 12 heteroatoms. The van der Waals surface area contributed by atoms with Crippen molar-refractivity contribution in [2.45, 2.75) is 82.1 Å². The Morgan fingerprint density at radius 3 is 2.53 bits per heavy atom. The number of benzene rings is 4. The topological polar surface area (TPSA) is 120 Å². The highest BCUT2D eigenvalue weighted by Crippen LogP contribution is 2.60. The summed E-state index contributed by atoms with van der Waals surface area (Å²) in [5.41, 5.74) is 3.86. The molecule has 10 nitrogen and oxygen atoms in total. The van der Waals surface area contributed by atoms with Crippen molar-refractivity contribution < 1.29 is 29.0 Å². The molecular weight excluding hydrogens is 813 g/mol. The zero-order valence-corrected chi connectivity index (χ0v) is 36.3. The second kappa shape index (κ2) is 16.4. The molecule has 2 saturated heterocycles. The fourth-order valence-corrected chi connectivity index (χ4v) is 14.6. The average molecular weight is 866 g/mol. The van der Waals surface area contributed by atoms with Gasteiger partial charge in [0, 0.05) is 34.7 Å². The standard InChI is InChI=1S/C46H53BrN4O6Si/c1-29-43(58(3,4)38-17-15-37(56-2)16-18-38)41(24-42(53)50-27-33-11-6-5-10-31(33)22-36(50)28-52)57-46(29)39-23-34(47)14-19-40(39)51(45(46)55)26-30-9-7-13-35(21-30)49-44(54)32-12-8-20-48-25-32/h5-7,9-11,13-19,21,23,29,32,36,41,43,48,52H,8,12,20,22,24-28H2,1-4H3,(H,49,54)/t29-,32?,36+,41+,43-,46+/m1/s1. The second-order valence-electron chi connectivity index (χ2n) is 17.0. The molecule has 1 spiro atoms. The molecule has 4 aromatic carbocycles. The summed E-state index contributed by atoms with van der Waals surface area (Å²) in [6, 6.07) is 29.6. The van der Waals surface area contributed by atoms with Crippen molar-refractivity contribution in [1.82, 2.24) is 10.2 Å². The van der Waals surface area contributed by atoms with Crippen molar-refractivity contribution in [3.8, 4) is 5.75 Å². The largest absolute Gasteiger partial charge is 0.497 e. The third-order valence-corrected chi connectivity index (χ3v) is 18.1. The number of piperidine rings is 1. The molecule has 1 unspecified atom stereocenters. The van der Waals surface area contributed by atoms with Crippen LogP contribution in [0.3, 0.4) is 0 Å². The summed E-state index contributed by atoms with van der Waals surface area (Å²) >= 11 is 3.71. The summed E-state index contributed by atoms with van der Waals surface area (Å²) in [5, 5.41) is 18.1. The number of hydrogen-bond donors (Lipinski definition) is 3. The molecule has 4 heterocycles. The van der Waals surface area contributed by atoms with E-state index in [2.05, 4.69) is 64.8 Å². The Labute approximate surface area is 350 Å². The Hall–Kier alpha value is -4.33. The highest BCUT2D eigenvalue weighted by Gasteiger charge is 2.66. The molecule has 0 bridgehead atoms. The number of carbonyl (C=O) groups is 3. The Bertz CT molecular complexity index is 2190. The van der Waals surface area contributed by atoms with Crippen LogP contribution >= 0.6 is 15.9 Å². The van der Waals surface area contributed by atoms with Crippen molar-refractivity contribution in [2.75, 3.05) is 37.0 Å². The molecule has 4 aromatic rings. The molecule has 0 aromatic heterocycles. The third-order valence-electron chi connectivity index (χ3n) is 13.3. The van der Waals surface area contributed by atoms with Gasteiger partial charge in [-0.05, 0) is 90.5 Å².